The van der Waals surface area contributed by atoms with Gasteiger partial charge in [0.05, 0.1) is 23.5 Å². The second-order valence-electron chi connectivity index (χ2n) is 6.34. The number of nitrogens with two attached hydrogens (primary N) is 1. The van der Waals surface area contributed by atoms with Crippen LogP contribution in [0.4, 0.5) is 5.69 Å². The standard InChI is InChI=1S/C15H23BClNO4/c1-14(2)15(3,4)22-16(21-14)10-8-13(20-7-6-19-5)12(18)9-11(10)17/h8-9H,6-7,18H2,1-5H3. The summed E-state index contributed by atoms with van der Waals surface area (Å²) in [7, 11) is 1.06. The van der Waals surface area contributed by atoms with Crippen LogP contribution < -0.4 is 15.9 Å². The van der Waals surface area contributed by atoms with E-state index in [1.807, 2.05) is 27.7 Å². The SMILES string of the molecule is COCCOc1cc(B2OC(C)(C)C(C)(C)O2)c(Cl)cc1N. The van der Waals surface area contributed by atoms with E-state index in [0.29, 0.717) is 35.1 Å². The van der Waals surface area contributed by atoms with Crippen LogP contribution in [0.15, 0.2) is 12.1 Å². The van der Waals surface area contributed by atoms with Gasteiger partial charge in [0.1, 0.15) is 12.4 Å². The number of methoxy groups -OCH3 is 1. The van der Waals surface area contributed by atoms with Gasteiger partial charge in [-0.25, -0.2) is 0 Å². The molecule has 0 unspecified atom stereocenters. The lowest BCUT2D eigenvalue weighted by Gasteiger charge is -2.32. The molecule has 1 aromatic rings. The summed E-state index contributed by atoms with van der Waals surface area (Å²) in [5.41, 5.74) is 6.27. The van der Waals surface area contributed by atoms with E-state index in [1.54, 1.807) is 19.2 Å². The van der Waals surface area contributed by atoms with Gasteiger partial charge >= 0.3 is 7.12 Å². The highest BCUT2D eigenvalue weighted by Crippen LogP contribution is 2.37. The van der Waals surface area contributed by atoms with Crippen LogP contribution >= 0.6 is 11.6 Å². The van der Waals surface area contributed by atoms with Crippen molar-refractivity contribution in [2.24, 2.45) is 0 Å². The number of rotatable bonds is 5. The normalized spacial score (nSPS) is 19.5. The van der Waals surface area contributed by atoms with E-state index in [0.717, 1.165) is 0 Å². The second kappa shape index (κ2) is 6.28. The van der Waals surface area contributed by atoms with Crippen molar-refractivity contribution in [3.8, 4) is 5.75 Å². The van der Waals surface area contributed by atoms with Gasteiger partial charge in [-0.2, -0.15) is 0 Å². The van der Waals surface area contributed by atoms with Gasteiger partial charge in [-0.05, 0) is 39.8 Å². The molecule has 1 saturated heterocycles. The Kier molecular flexibility index (Phi) is 4.97. The summed E-state index contributed by atoms with van der Waals surface area (Å²) < 4.78 is 22.6. The van der Waals surface area contributed by atoms with E-state index in [9.17, 15) is 0 Å². The van der Waals surface area contributed by atoms with Crippen LogP contribution in [0, 0.1) is 0 Å². The lowest BCUT2D eigenvalue weighted by molar-refractivity contribution is 0.00578. The molecule has 5 nitrogen and oxygen atoms in total. The predicted octanol–water partition coefficient (Wildman–Crippen LogP) is 2.25. The first-order valence-corrected chi connectivity index (χ1v) is 7.62. The molecule has 1 aliphatic rings. The molecule has 0 spiro atoms. The topological polar surface area (TPSA) is 62.9 Å². The lowest BCUT2D eigenvalue weighted by atomic mass is 9.79. The molecule has 1 heterocycles. The number of halogens is 1. The average Bonchev–Trinajstić information content (AvgIpc) is 2.61. The van der Waals surface area contributed by atoms with E-state index in [-0.39, 0.29) is 0 Å². The van der Waals surface area contributed by atoms with Crippen LogP contribution in [0.3, 0.4) is 0 Å². The monoisotopic (exact) mass is 327 g/mol. The third-order valence-corrected chi connectivity index (χ3v) is 4.51. The molecule has 0 saturated carbocycles. The van der Waals surface area contributed by atoms with Crippen molar-refractivity contribution >= 4 is 29.9 Å². The van der Waals surface area contributed by atoms with Crippen molar-refractivity contribution < 1.29 is 18.8 Å². The van der Waals surface area contributed by atoms with Crippen molar-refractivity contribution in [2.75, 3.05) is 26.1 Å². The summed E-state index contributed by atoms with van der Waals surface area (Å²) in [5, 5.41) is 0.495. The lowest BCUT2D eigenvalue weighted by Crippen LogP contribution is -2.41. The first-order chi connectivity index (χ1) is 10.2. The first-order valence-electron chi connectivity index (χ1n) is 7.24. The maximum atomic E-state index is 6.31. The molecule has 1 aliphatic heterocycles. The number of ether oxygens (including phenoxy) is 2. The summed E-state index contributed by atoms with van der Waals surface area (Å²) >= 11 is 6.31. The van der Waals surface area contributed by atoms with Gasteiger partial charge in [-0.15, -0.1) is 0 Å². The summed E-state index contributed by atoms with van der Waals surface area (Å²) in [6, 6.07) is 3.43. The zero-order valence-corrected chi connectivity index (χ0v) is 14.5. The molecule has 22 heavy (non-hydrogen) atoms. The smallest absolute Gasteiger partial charge is 0.489 e. The molecule has 1 fully saturated rings. The number of nitrogen functional groups attached to an aromatic ring is 1. The molecule has 2 N–H and O–H groups in total. The molecule has 0 amide bonds. The highest BCUT2D eigenvalue weighted by molar-refractivity contribution is 6.65. The van der Waals surface area contributed by atoms with Gasteiger partial charge in [-0.1, -0.05) is 11.6 Å². The molecule has 7 heteroatoms. The highest BCUT2D eigenvalue weighted by atomic mass is 35.5. The first kappa shape index (κ1) is 17.4. The molecule has 0 bridgehead atoms. The Balaban J connectivity index is 2.26. The van der Waals surface area contributed by atoms with Gasteiger partial charge in [0.2, 0.25) is 0 Å². The molecule has 1 aromatic carbocycles. The van der Waals surface area contributed by atoms with Crippen LogP contribution in [0.25, 0.3) is 0 Å². The quantitative estimate of drug-likeness (QED) is 0.510. The van der Waals surface area contributed by atoms with Crippen LogP contribution in [0.2, 0.25) is 5.02 Å². The minimum absolute atomic E-state index is 0.408. The number of benzene rings is 1. The fraction of sp³-hybridized carbons (Fsp3) is 0.600. The zero-order chi connectivity index (χ0) is 16.5. The maximum absolute atomic E-state index is 6.31. The molecule has 0 atom stereocenters. The number of hydrogen-bond acceptors (Lipinski definition) is 5. The Morgan fingerprint density at radius 3 is 2.27 bits per heavy atom. The van der Waals surface area contributed by atoms with Crippen molar-refractivity contribution in [2.45, 2.75) is 38.9 Å². The van der Waals surface area contributed by atoms with Crippen molar-refractivity contribution in [3.63, 3.8) is 0 Å². The van der Waals surface area contributed by atoms with Gasteiger partial charge in [0.25, 0.3) is 0 Å². The Morgan fingerprint density at radius 2 is 1.73 bits per heavy atom. The predicted molar refractivity (Wildman–Crippen MR) is 89.0 cm³/mol. The Hall–Kier alpha value is -0.945. The van der Waals surface area contributed by atoms with Crippen molar-refractivity contribution in [3.05, 3.63) is 17.2 Å². The average molecular weight is 328 g/mol. The summed E-state index contributed by atoms with van der Waals surface area (Å²) in [6.07, 6.45) is 0. The van der Waals surface area contributed by atoms with E-state index >= 15 is 0 Å². The molecule has 0 aliphatic carbocycles. The zero-order valence-electron chi connectivity index (χ0n) is 13.7. The highest BCUT2D eigenvalue weighted by Gasteiger charge is 2.52. The molecule has 2 rings (SSSR count). The van der Waals surface area contributed by atoms with E-state index in [1.165, 1.54) is 0 Å². The second-order valence-corrected chi connectivity index (χ2v) is 6.75. The van der Waals surface area contributed by atoms with E-state index in [4.69, 9.17) is 36.1 Å². The van der Waals surface area contributed by atoms with Crippen molar-refractivity contribution in [1.82, 2.24) is 0 Å². The van der Waals surface area contributed by atoms with Gasteiger partial charge in [0.15, 0.2) is 0 Å². The van der Waals surface area contributed by atoms with Gasteiger partial charge in [0, 0.05) is 17.6 Å². The van der Waals surface area contributed by atoms with Crippen LogP contribution in [0.1, 0.15) is 27.7 Å². The molecule has 122 valence electrons. The van der Waals surface area contributed by atoms with Crippen LogP contribution in [-0.2, 0) is 14.0 Å². The van der Waals surface area contributed by atoms with Crippen LogP contribution in [0.5, 0.6) is 5.75 Å². The molecule has 0 aromatic heterocycles. The Labute approximate surface area is 137 Å². The fourth-order valence-corrected chi connectivity index (χ4v) is 2.36. The van der Waals surface area contributed by atoms with Crippen molar-refractivity contribution in [1.29, 1.82) is 0 Å². The summed E-state index contributed by atoms with van der Waals surface area (Å²) in [4.78, 5) is 0. The third kappa shape index (κ3) is 3.35. The largest absolute Gasteiger partial charge is 0.496 e. The van der Waals surface area contributed by atoms with Crippen LogP contribution in [-0.4, -0.2) is 38.6 Å². The maximum Gasteiger partial charge on any atom is 0.496 e. The molecule has 0 radical (unpaired) electrons. The number of anilines is 1. The fourth-order valence-electron chi connectivity index (χ4n) is 2.10. The Bertz CT molecular complexity index is 535. The van der Waals surface area contributed by atoms with Gasteiger partial charge in [-0.3, -0.25) is 0 Å². The molecular weight excluding hydrogens is 304 g/mol. The minimum atomic E-state index is -0.553. The van der Waals surface area contributed by atoms with E-state index < -0.39 is 18.3 Å². The third-order valence-electron chi connectivity index (χ3n) is 4.18. The summed E-state index contributed by atoms with van der Waals surface area (Å²) in [5.74, 6) is 0.547. The summed E-state index contributed by atoms with van der Waals surface area (Å²) in [6.45, 7) is 8.86. The van der Waals surface area contributed by atoms with Gasteiger partial charge < -0.3 is 24.5 Å². The number of hydrogen-bond donors (Lipinski definition) is 1. The molecular formula is C15H23BClNO4. The minimum Gasteiger partial charge on any atom is -0.489 e. The Morgan fingerprint density at radius 1 is 1.14 bits per heavy atom. The van der Waals surface area contributed by atoms with E-state index in [2.05, 4.69) is 0 Å².